The van der Waals surface area contributed by atoms with Gasteiger partial charge in [0.15, 0.2) is 0 Å². The second-order valence-corrected chi connectivity index (χ2v) is 8.15. The number of carbonyl (C=O) groups excluding carboxylic acids is 2. The lowest BCUT2D eigenvalue weighted by Crippen LogP contribution is -2.40. The first-order chi connectivity index (χ1) is 15.2. The van der Waals surface area contributed by atoms with Gasteiger partial charge in [0.1, 0.15) is 6.10 Å². The molecule has 0 spiro atoms. The second kappa shape index (κ2) is 10.4. The summed E-state index contributed by atoms with van der Waals surface area (Å²) in [5.74, 6) is 0.239. The van der Waals surface area contributed by atoms with E-state index in [1.807, 2.05) is 59.5 Å². The Morgan fingerprint density at radius 1 is 0.968 bits per heavy atom. The number of hydrogen-bond donors (Lipinski definition) is 1. The van der Waals surface area contributed by atoms with Gasteiger partial charge in [-0.2, -0.15) is 0 Å². The maximum absolute atomic E-state index is 12.5. The van der Waals surface area contributed by atoms with Crippen LogP contribution in [0.4, 0.5) is 10.5 Å². The van der Waals surface area contributed by atoms with Crippen LogP contribution in [0.1, 0.15) is 25.7 Å². The molecule has 6 heteroatoms. The molecule has 2 saturated heterocycles. The zero-order chi connectivity index (χ0) is 21.5. The predicted molar refractivity (Wildman–Crippen MR) is 122 cm³/mol. The standard InChI is InChI=1S/C25H30N3O3/c29-24(28-15-6-7-16-28)14-19-27-17-12-21(13-18-27)31-25(30)26-23-11-5-4-10-22(23)20-8-2-1-3-9-20/h1-6,8-11,21H,7,12-19H2,(H,26,30). The molecule has 2 aliphatic rings. The topological polar surface area (TPSA) is 61.9 Å². The van der Waals surface area contributed by atoms with Gasteiger partial charge in [-0.1, -0.05) is 48.5 Å². The van der Waals surface area contributed by atoms with E-state index in [2.05, 4.69) is 16.6 Å². The van der Waals surface area contributed by atoms with Crippen molar-refractivity contribution in [2.75, 3.05) is 38.0 Å². The summed E-state index contributed by atoms with van der Waals surface area (Å²) in [5.41, 5.74) is 2.76. The third kappa shape index (κ3) is 5.85. The van der Waals surface area contributed by atoms with E-state index < -0.39 is 6.09 Å². The van der Waals surface area contributed by atoms with Crippen molar-refractivity contribution in [3.05, 3.63) is 61.0 Å². The van der Waals surface area contributed by atoms with E-state index in [0.717, 1.165) is 68.8 Å². The number of amides is 2. The minimum absolute atomic E-state index is 0.0935. The molecule has 4 rings (SSSR count). The Hall–Kier alpha value is -2.86. The number of anilines is 1. The van der Waals surface area contributed by atoms with Crippen molar-refractivity contribution >= 4 is 17.7 Å². The summed E-state index contributed by atoms with van der Waals surface area (Å²) in [5, 5.41) is 2.91. The number of likely N-dealkylation sites (tertiary alicyclic amines) is 2. The molecule has 0 unspecified atom stereocenters. The number of nitrogens with zero attached hydrogens (tertiary/aromatic N) is 2. The highest BCUT2D eigenvalue weighted by molar-refractivity contribution is 5.91. The van der Waals surface area contributed by atoms with Gasteiger partial charge in [-0.15, -0.1) is 0 Å². The molecule has 6 nitrogen and oxygen atoms in total. The summed E-state index contributed by atoms with van der Waals surface area (Å²) < 4.78 is 5.69. The van der Waals surface area contributed by atoms with Crippen molar-refractivity contribution in [1.82, 2.24) is 9.80 Å². The van der Waals surface area contributed by atoms with Crippen LogP contribution in [0.2, 0.25) is 0 Å². The number of carbonyl (C=O) groups is 2. The average Bonchev–Trinajstić information content (AvgIpc) is 3.34. The first-order valence-electron chi connectivity index (χ1n) is 11.1. The number of ether oxygens (including phenoxy) is 1. The smallest absolute Gasteiger partial charge is 0.411 e. The summed E-state index contributed by atoms with van der Waals surface area (Å²) in [6.45, 7) is 4.11. The molecule has 31 heavy (non-hydrogen) atoms. The molecule has 2 fully saturated rings. The number of benzene rings is 2. The predicted octanol–water partition coefficient (Wildman–Crippen LogP) is 4.19. The van der Waals surface area contributed by atoms with Gasteiger partial charge in [0, 0.05) is 44.7 Å². The van der Waals surface area contributed by atoms with Gasteiger partial charge >= 0.3 is 6.09 Å². The van der Waals surface area contributed by atoms with Gasteiger partial charge in [-0.3, -0.25) is 10.1 Å². The quantitative estimate of drug-likeness (QED) is 0.761. The Morgan fingerprint density at radius 3 is 2.45 bits per heavy atom. The maximum atomic E-state index is 12.5. The number of hydrogen-bond acceptors (Lipinski definition) is 4. The minimum Gasteiger partial charge on any atom is -0.446 e. The zero-order valence-corrected chi connectivity index (χ0v) is 17.8. The fourth-order valence-corrected chi connectivity index (χ4v) is 4.23. The molecular weight excluding hydrogens is 390 g/mol. The largest absolute Gasteiger partial charge is 0.446 e. The molecule has 2 aromatic rings. The third-order valence-corrected chi connectivity index (χ3v) is 6.00. The normalized spacial score (nSPS) is 17.5. The van der Waals surface area contributed by atoms with Crippen LogP contribution in [0, 0.1) is 6.42 Å². The van der Waals surface area contributed by atoms with E-state index in [1.54, 1.807) is 0 Å². The van der Waals surface area contributed by atoms with Crippen LogP contribution < -0.4 is 5.32 Å². The van der Waals surface area contributed by atoms with Crippen molar-refractivity contribution in [3.63, 3.8) is 0 Å². The molecular formula is C25H30N3O3. The van der Waals surface area contributed by atoms with Crippen LogP contribution >= 0.6 is 0 Å². The Kier molecular flexibility index (Phi) is 7.20. The summed E-state index contributed by atoms with van der Waals surface area (Å²) in [6, 6.07) is 17.7. The molecule has 0 atom stereocenters. The van der Waals surface area contributed by atoms with Crippen molar-refractivity contribution in [2.45, 2.75) is 31.8 Å². The highest BCUT2D eigenvalue weighted by Crippen LogP contribution is 2.28. The summed E-state index contributed by atoms with van der Waals surface area (Å²) >= 11 is 0. The number of nitrogens with one attached hydrogen (secondary N) is 1. The van der Waals surface area contributed by atoms with E-state index in [-0.39, 0.29) is 12.0 Å². The fourth-order valence-electron chi connectivity index (χ4n) is 4.23. The molecule has 0 aliphatic carbocycles. The second-order valence-electron chi connectivity index (χ2n) is 8.15. The molecule has 2 aromatic carbocycles. The zero-order valence-electron chi connectivity index (χ0n) is 17.8. The fraction of sp³-hybridized carbons (Fsp3) is 0.400. The van der Waals surface area contributed by atoms with E-state index in [0.29, 0.717) is 6.42 Å². The van der Waals surface area contributed by atoms with E-state index in [9.17, 15) is 9.59 Å². The lowest BCUT2D eigenvalue weighted by molar-refractivity contribution is -0.130. The van der Waals surface area contributed by atoms with Crippen LogP contribution in [0.25, 0.3) is 11.1 Å². The summed E-state index contributed by atoms with van der Waals surface area (Å²) in [6.07, 6.45) is 4.80. The molecule has 0 bridgehead atoms. The van der Waals surface area contributed by atoms with Gasteiger partial charge in [-0.05, 0) is 37.3 Å². The van der Waals surface area contributed by atoms with Crippen LogP contribution in [-0.4, -0.2) is 60.6 Å². The molecule has 2 heterocycles. The molecule has 2 amide bonds. The molecule has 1 radical (unpaired) electrons. The Labute approximate surface area is 184 Å². The summed E-state index contributed by atoms with van der Waals surface area (Å²) in [7, 11) is 0. The molecule has 163 valence electrons. The lowest BCUT2D eigenvalue weighted by atomic mass is 10.0. The molecule has 2 aliphatic heterocycles. The molecule has 0 aromatic heterocycles. The van der Waals surface area contributed by atoms with Crippen LogP contribution in [0.3, 0.4) is 0 Å². The first kappa shape index (κ1) is 21.4. The van der Waals surface area contributed by atoms with Gasteiger partial charge in [0.05, 0.1) is 5.69 Å². The van der Waals surface area contributed by atoms with E-state index in [1.165, 1.54) is 0 Å². The molecule has 1 N–H and O–H groups in total. The van der Waals surface area contributed by atoms with Crippen molar-refractivity contribution in [1.29, 1.82) is 0 Å². The van der Waals surface area contributed by atoms with Crippen LogP contribution in [-0.2, 0) is 9.53 Å². The van der Waals surface area contributed by atoms with Crippen LogP contribution in [0.15, 0.2) is 54.6 Å². The lowest BCUT2D eigenvalue weighted by Gasteiger charge is -2.31. The van der Waals surface area contributed by atoms with Crippen LogP contribution in [0.5, 0.6) is 0 Å². The van der Waals surface area contributed by atoms with E-state index >= 15 is 0 Å². The third-order valence-electron chi connectivity index (χ3n) is 6.00. The number of para-hydroxylation sites is 1. The highest BCUT2D eigenvalue weighted by atomic mass is 16.6. The van der Waals surface area contributed by atoms with Gasteiger partial charge in [0.25, 0.3) is 0 Å². The Balaban J connectivity index is 1.22. The maximum Gasteiger partial charge on any atom is 0.411 e. The van der Waals surface area contributed by atoms with Crippen molar-refractivity contribution in [3.8, 4) is 11.1 Å². The minimum atomic E-state index is -0.415. The first-order valence-corrected chi connectivity index (χ1v) is 11.1. The summed E-state index contributed by atoms with van der Waals surface area (Å²) in [4.78, 5) is 28.9. The van der Waals surface area contributed by atoms with Crippen molar-refractivity contribution < 1.29 is 14.3 Å². The van der Waals surface area contributed by atoms with E-state index in [4.69, 9.17) is 4.74 Å². The average molecular weight is 421 g/mol. The van der Waals surface area contributed by atoms with Gasteiger partial charge in [-0.25, -0.2) is 4.79 Å². The Morgan fingerprint density at radius 2 is 1.71 bits per heavy atom. The Bertz CT molecular complexity index is 873. The van der Waals surface area contributed by atoms with Gasteiger partial charge < -0.3 is 14.5 Å². The van der Waals surface area contributed by atoms with Gasteiger partial charge in [0.2, 0.25) is 5.91 Å². The monoisotopic (exact) mass is 420 g/mol. The van der Waals surface area contributed by atoms with Crippen molar-refractivity contribution in [2.24, 2.45) is 0 Å². The highest BCUT2D eigenvalue weighted by Gasteiger charge is 2.24. The SMILES string of the molecule is O=C(Nc1ccccc1-c1ccccc1)OC1CCN(CCC(=O)N2C[CH]CC2)CC1. The number of piperidine rings is 1. The molecule has 0 saturated carbocycles. The number of rotatable bonds is 6.